The Hall–Kier alpha value is -0.230. The molecule has 0 fully saturated rings. The lowest BCUT2D eigenvalue weighted by molar-refractivity contribution is 0.694. The maximum atomic E-state index is 4.23. The molecule has 0 amide bonds. The zero-order valence-electron chi connectivity index (χ0n) is 9.00. The lowest BCUT2D eigenvalue weighted by Gasteiger charge is -2.02. The highest BCUT2D eigenvalue weighted by molar-refractivity contribution is 9.11. The van der Waals surface area contributed by atoms with Gasteiger partial charge < -0.3 is 5.32 Å². The molecule has 0 radical (unpaired) electrons. The van der Waals surface area contributed by atoms with Crippen molar-refractivity contribution in [2.75, 3.05) is 6.54 Å². The van der Waals surface area contributed by atoms with E-state index in [9.17, 15) is 0 Å². The highest BCUT2D eigenvalue weighted by Gasteiger charge is 2.01. The third kappa shape index (κ3) is 3.38. The van der Waals surface area contributed by atoms with Crippen LogP contribution in [-0.4, -0.2) is 11.5 Å². The van der Waals surface area contributed by atoms with E-state index < -0.39 is 0 Å². The van der Waals surface area contributed by atoms with Crippen molar-refractivity contribution < 1.29 is 0 Å². The van der Waals surface area contributed by atoms with Crippen LogP contribution in [0.25, 0.3) is 0 Å². The number of hydrogen-bond acceptors (Lipinski definition) is 4. The number of aryl methyl sites for hydroxylation is 1. The van der Waals surface area contributed by atoms with E-state index in [1.165, 1.54) is 13.5 Å². The van der Waals surface area contributed by atoms with Crippen LogP contribution in [0.1, 0.15) is 15.4 Å². The summed E-state index contributed by atoms with van der Waals surface area (Å²) < 4.78 is 1.21. The van der Waals surface area contributed by atoms with Crippen molar-refractivity contribution in [3.8, 4) is 0 Å². The fourth-order valence-electron chi connectivity index (χ4n) is 1.40. The van der Waals surface area contributed by atoms with Gasteiger partial charge in [0.2, 0.25) is 0 Å². The number of aromatic nitrogens is 1. The minimum absolute atomic E-state index is 0.934. The minimum atomic E-state index is 0.934. The third-order valence-electron chi connectivity index (χ3n) is 2.31. The summed E-state index contributed by atoms with van der Waals surface area (Å²) in [6.45, 7) is 4.01. The van der Waals surface area contributed by atoms with Gasteiger partial charge in [-0.25, -0.2) is 4.98 Å². The summed E-state index contributed by atoms with van der Waals surface area (Å²) in [4.78, 5) is 6.99. The number of nitrogens with zero attached hydrogens (tertiary/aromatic N) is 1. The fraction of sp³-hybridized carbons (Fsp3) is 0.364. The Balaban J connectivity index is 1.71. The van der Waals surface area contributed by atoms with E-state index in [1.54, 1.807) is 22.7 Å². The van der Waals surface area contributed by atoms with E-state index in [-0.39, 0.29) is 0 Å². The standard InChI is InChI=1S/C11H13BrN2S2/c1-8-10(15-7-14-8)6-13-5-4-9-2-3-11(12)16-9/h2-3,7,13H,4-6H2,1H3. The number of nitrogens with one attached hydrogen (secondary N) is 1. The first kappa shape index (κ1) is 12.2. The van der Waals surface area contributed by atoms with E-state index in [0.717, 1.165) is 25.2 Å². The Morgan fingerprint density at radius 1 is 1.44 bits per heavy atom. The van der Waals surface area contributed by atoms with Crippen LogP contribution in [0.2, 0.25) is 0 Å². The molecule has 16 heavy (non-hydrogen) atoms. The van der Waals surface area contributed by atoms with E-state index in [1.807, 2.05) is 5.51 Å². The molecule has 0 aliphatic heterocycles. The summed E-state index contributed by atoms with van der Waals surface area (Å²) in [5.74, 6) is 0. The molecule has 0 unspecified atom stereocenters. The van der Waals surface area contributed by atoms with Crippen molar-refractivity contribution in [3.63, 3.8) is 0 Å². The predicted molar refractivity (Wildman–Crippen MR) is 74.3 cm³/mol. The molecule has 0 aliphatic carbocycles. The minimum Gasteiger partial charge on any atom is -0.311 e. The van der Waals surface area contributed by atoms with Crippen LogP contribution in [0, 0.1) is 6.92 Å². The smallest absolute Gasteiger partial charge is 0.0798 e. The second kappa shape index (κ2) is 5.91. The van der Waals surface area contributed by atoms with Crippen molar-refractivity contribution >= 4 is 38.6 Å². The van der Waals surface area contributed by atoms with Gasteiger partial charge in [-0.3, -0.25) is 0 Å². The van der Waals surface area contributed by atoms with Crippen LogP contribution >= 0.6 is 38.6 Å². The number of thiophene rings is 1. The monoisotopic (exact) mass is 316 g/mol. The zero-order valence-corrected chi connectivity index (χ0v) is 12.2. The normalized spacial score (nSPS) is 10.9. The van der Waals surface area contributed by atoms with Crippen molar-refractivity contribution in [2.45, 2.75) is 19.9 Å². The molecule has 0 atom stereocenters. The van der Waals surface area contributed by atoms with E-state index in [0.29, 0.717) is 0 Å². The maximum Gasteiger partial charge on any atom is 0.0798 e. The Morgan fingerprint density at radius 2 is 2.31 bits per heavy atom. The summed E-state index contributed by atoms with van der Waals surface area (Å²) in [5, 5.41) is 3.45. The molecule has 0 saturated carbocycles. The Bertz CT molecular complexity index is 450. The lowest BCUT2D eigenvalue weighted by atomic mass is 10.3. The summed E-state index contributed by atoms with van der Waals surface area (Å²) in [7, 11) is 0. The molecule has 0 aliphatic rings. The van der Waals surface area contributed by atoms with Gasteiger partial charge in [-0.05, 0) is 41.4 Å². The molecular weight excluding hydrogens is 304 g/mol. The van der Waals surface area contributed by atoms with Crippen LogP contribution < -0.4 is 5.32 Å². The molecule has 2 aromatic heterocycles. The van der Waals surface area contributed by atoms with Crippen molar-refractivity contribution in [2.24, 2.45) is 0 Å². The topological polar surface area (TPSA) is 24.9 Å². The largest absolute Gasteiger partial charge is 0.311 e. The molecule has 2 heterocycles. The van der Waals surface area contributed by atoms with Crippen molar-refractivity contribution in [1.29, 1.82) is 0 Å². The molecule has 5 heteroatoms. The molecule has 86 valence electrons. The summed E-state index contributed by atoms with van der Waals surface area (Å²) in [6, 6.07) is 4.28. The second-order valence-corrected chi connectivity index (χ2v) is 6.98. The number of thiazole rings is 1. The highest BCUT2D eigenvalue weighted by Crippen LogP contribution is 2.22. The molecule has 2 rings (SSSR count). The van der Waals surface area contributed by atoms with Gasteiger partial charge in [0.25, 0.3) is 0 Å². The van der Waals surface area contributed by atoms with E-state index in [4.69, 9.17) is 0 Å². The van der Waals surface area contributed by atoms with Crippen LogP contribution in [0.4, 0.5) is 0 Å². The van der Waals surface area contributed by atoms with Gasteiger partial charge >= 0.3 is 0 Å². The van der Waals surface area contributed by atoms with Crippen LogP contribution in [-0.2, 0) is 13.0 Å². The van der Waals surface area contributed by atoms with Gasteiger partial charge in [0.05, 0.1) is 15.0 Å². The fourth-order valence-corrected chi connectivity index (χ4v) is 3.62. The van der Waals surface area contributed by atoms with Gasteiger partial charge in [-0.1, -0.05) is 0 Å². The van der Waals surface area contributed by atoms with E-state index >= 15 is 0 Å². The van der Waals surface area contributed by atoms with Crippen LogP contribution in [0.15, 0.2) is 21.4 Å². The molecule has 0 bridgehead atoms. The first-order valence-corrected chi connectivity index (χ1v) is 7.58. The maximum absolute atomic E-state index is 4.23. The van der Waals surface area contributed by atoms with Crippen LogP contribution in [0.5, 0.6) is 0 Å². The highest BCUT2D eigenvalue weighted by atomic mass is 79.9. The number of hydrogen-bond donors (Lipinski definition) is 1. The van der Waals surface area contributed by atoms with Gasteiger partial charge in [-0.2, -0.15) is 0 Å². The molecule has 0 aromatic carbocycles. The molecule has 2 aromatic rings. The Labute approximate surface area is 112 Å². The van der Waals surface area contributed by atoms with Crippen molar-refractivity contribution in [3.05, 3.63) is 36.9 Å². The summed E-state index contributed by atoms with van der Waals surface area (Å²) >= 11 is 7.00. The SMILES string of the molecule is Cc1ncsc1CNCCc1ccc(Br)s1. The van der Waals surface area contributed by atoms with Gasteiger partial charge in [-0.15, -0.1) is 22.7 Å². The molecule has 0 saturated heterocycles. The third-order valence-corrected chi connectivity index (χ3v) is 4.93. The van der Waals surface area contributed by atoms with Gasteiger partial charge in [0.1, 0.15) is 0 Å². The first-order chi connectivity index (χ1) is 7.75. The zero-order chi connectivity index (χ0) is 11.4. The van der Waals surface area contributed by atoms with Crippen molar-refractivity contribution in [1.82, 2.24) is 10.3 Å². The van der Waals surface area contributed by atoms with Crippen LogP contribution in [0.3, 0.4) is 0 Å². The number of halogens is 1. The Kier molecular flexibility index (Phi) is 4.52. The molecule has 1 N–H and O–H groups in total. The average molecular weight is 317 g/mol. The predicted octanol–water partition coefficient (Wildman–Crippen LogP) is 3.61. The summed E-state index contributed by atoms with van der Waals surface area (Å²) in [5.41, 5.74) is 3.05. The molecular formula is C11H13BrN2S2. The Morgan fingerprint density at radius 3 is 2.94 bits per heavy atom. The average Bonchev–Trinajstić information content (AvgIpc) is 2.83. The molecule has 2 nitrogen and oxygen atoms in total. The van der Waals surface area contributed by atoms with E-state index in [2.05, 4.69) is 45.3 Å². The van der Waals surface area contributed by atoms with Gasteiger partial charge in [0, 0.05) is 22.8 Å². The van der Waals surface area contributed by atoms with Gasteiger partial charge in [0.15, 0.2) is 0 Å². The quantitative estimate of drug-likeness (QED) is 0.852. The second-order valence-electron chi connectivity index (χ2n) is 3.49. The molecule has 0 spiro atoms. The first-order valence-electron chi connectivity index (χ1n) is 5.09. The number of rotatable bonds is 5. The summed E-state index contributed by atoms with van der Waals surface area (Å²) in [6.07, 6.45) is 1.09. The lowest BCUT2D eigenvalue weighted by Crippen LogP contribution is -2.16.